The summed E-state index contributed by atoms with van der Waals surface area (Å²) in [6.07, 6.45) is -4.91. The van der Waals surface area contributed by atoms with Crippen molar-refractivity contribution in [1.29, 1.82) is 0 Å². The number of hydrogen-bond donors (Lipinski definition) is 1. The van der Waals surface area contributed by atoms with Crippen LogP contribution in [0.15, 0.2) is 60.7 Å². The highest BCUT2D eigenvalue weighted by molar-refractivity contribution is 6.10. The highest BCUT2D eigenvalue weighted by atomic mass is 19.4. The summed E-state index contributed by atoms with van der Waals surface area (Å²) in [5.74, 6) is -1.04. The summed E-state index contributed by atoms with van der Waals surface area (Å²) in [4.78, 5) is 25.4. The van der Waals surface area contributed by atoms with Gasteiger partial charge in [0.05, 0.1) is 13.0 Å². The molecule has 0 saturated carbocycles. The van der Waals surface area contributed by atoms with Crippen molar-refractivity contribution in [2.24, 2.45) is 0 Å². The van der Waals surface area contributed by atoms with E-state index in [0.717, 1.165) is 28.8 Å². The smallest absolute Gasteiger partial charge is 0.489 e. The SMILES string of the molecule is Cc1cc(CC(=O)O)cc(OCc2cccc3c2CN(c2ccc(OC(F)(F)F)cc2)C3=O)c1. The standard InChI is InChI=1S/C25H20F3NO5/c1-15-9-16(12-23(30)31)11-20(10-15)33-14-17-3-2-4-21-22(17)13-29(24(21)32)18-5-7-19(8-6-18)34-25(26,27)28/h2-11H,12-14H2,1H3,(H,30,31). The van der Waals surface area contributed by atoms with Crippen molar-refractivity contribution in [1.82, 2.24) is 0 Å². The fourth-order valence-corrected chi connectivity index (χ4v) is 3.91. The van der Waals surface area contributed by atoms with Crippen LogP contribution in [0.5, 0.6) is 11.5 Å². The Morgan fingerprint density at radius 2 is 1.79 bits per heavy atom. The van der Waals surface area contributed by atoms with Crippen LogP contribution >= 0.6 is 0 Å². The second kappa shape index (κ2) is 9.09. The number of rotatable bonds is 7. The number of ether oxygens (including phenoxy) is 2. The van der Waals surface area contributed by atoms with Crippen molar-refractivity contribution in [3.8, 4) is 11.5 Å². The number of halogens is 3. The molecule has 1 heterocycles. The van der Waals surface area contributed by atoms with Crippen molar-refractivity contribution in [2.45, 2.75) is 32.9 Å². The number of nitrogens with zero attached hydrogens (tertiary/aromatic N) is 1. The third-order valence-electron chi connectivity index (χ3n) is 5.31. The molecule has 6 nitrogen and oxygen atoms in total. The average Bonchev–Trinajstić information content (AvgIpc) is 3.08. The van der Waals surface area contributed by atoms with Gasteiger partial charge < -0.3 is 19.5 Å². The Balaban J connectivity index is 1.51. The number of anilines is 1. The molecule has 1 N–H and O–H groups in total. The van der Waals surface area contributed by atoms with Gasteiger partial charge in [-0.1, -0.05) is 18.2 Å². The van der Waals surface area contributed by atoms with Crippen molar-refractivity contribution in [3.63, 3.8) is 0 Å². The molecular weight excluding hydrogens is 451 g/mol. The van der Waals surface area contributed by atoms with Gasteiger partial charge in [-0.05, 0) is 71.6 Å². The van der Waals surface area contributed by atoms with Gasteiger partial charge in [0.2, 0.25) is 0 Å². The van der Waals surface area contributed by atoms with E-state index in [2.05, 4.69) is 4.74 Å². The molecular formula is C25H20F3NO5. The zero-order valence-corrected chi connectivity index (χ0v) is 18.1. The Kier molecular flexibility index (Phi) is 6.19. The van der Waals surface area contributed by atoms with Crippen LogP contribution in [-0.2, 0) is 24.4 Å². The van der Waals surface area contributed by atoms with Crippen LogP contribution in [-0.4, -0.2) is 23.3 Å². The second-order valence-electron chi connectivity index (χ2n) is 7.89. The third kappa shape index (κ3) is 5.31. The lowest BCUT2D eigenvalue weighted by atomic mass is 10.0. The molecule has 176 valence electrons. The van der Waals surface area contributed by atoms with Crippen LogP contribution in [0.25, 0.3) is 0 Å². The topological polar surface area (TPSA) is 76.1 Å². The first-order chi connectivity index (χ1) is 16.1. The van der Waals surface area contributed by atoms with Gasteiger partial charge in [-0.25, -0.2) is 0 Å². The average molecular weight is 471 g/mol. The first-order valence-corrected chi connectivity index (χ1v) is 10.3. The van der Waals surface area contributed by atoms with Gasteiger partial charge in [-0.2, -0.15) is 0 Å². The zero-order valence-electron chi connectivity index (χ0n) is 18.1. The molecule has 3 aromatic rings. The van der Waals surface area contributed by atoms with E-state index in [1.54, 1.807) is 30.3 Å². The van der Waals surface area contributed by atoms with E-state index in [0.29, 0.717) is 22.6 Å². The van der Waals surface area contributed by atoms with Crippen LogP contribution in [0.2, 0.25) is 0 Å². The van der Waals surface area contributed by atoms with Gasteiger partial charge in [0.25, 0.3) is 5.91 Å². The van der Waals surface area contributed by atoms with E-state index in [-0.39, 0.29) is 31.2 Å². The van der Waals surface area contributed by atoms with Crippen LogP contribution in [0.3, 0.4) is 0 Å². The molecule has 1 aliphatic heterocycles. The maximum absolute atomic E-state index is 12.9. The minimum Gasteiger partial charge on any atom is -0.489 e. The Labute approximate surface area is 193 Å². The van der Waals surface area contributed by atoms with Gasteiger partial charge in [0.1, 0.15) is 18.1 Å². The summed E-state index contributed by atoms with van der Waals surface area (Å²) in [7, 11) is 0. The summed E-state index contributed by atoms with van der Waals surface area (Å²) in [5, 5.41) is 9.04. The highest BCUT2D eigenvalue weighted by Gasteiger charge is 2.32. The van der Waals surface area contributed by atoms with Crippen molar-refractivity contribution in [2.75, 3.05) is 4.90 Å². The van der Waals surface area contributed by atoms with E-state index in [4.69, 9.17) is 9.84 Å². The number of carboxylic acid groups (broad SMARTS) is 1. The van der Waals surface area contributed by atoms with Crippen molar-refractivity contribution >= 4 is 17.6 Å². The summed E-state index contributed by atoms with van der Waals surface area (Å²) in [6, 6.07) is 15.7. The summed E-state index contributed by atoms with van der Waals surface area (Å²) in [6.45, 7) is 2.25. The van der Waals surface area contributed by atoms with Gasteiger partial charge >= 0.3 is 12.3 Å². The van der Waals surface area contributed by atoms with Gasteiger partial charge in [0.15, 0.2) is 0 Å². The number of fused-ring (bicyclic) bond motifs is 1. The number of benzene rings is 3. The first-order valence-electron chi connectivity index (χ1n) is 10.3. The Morgan fingerprint density at radius 3 is 2.47 bits per heavy atom. The van der Waals surface area contributed by atoms with Gasteiger partial charge in [-0.15, -0.1) is 13.2 Å². The van der Waals surface area contributed by atoms with E-state index < -0.39 is 12.3 Å². The summed E-state index contributed by atoms with van der Waals surface area (Å²) < 4.78 is 47.0. The zero-order chi connectivity index (χ0) is 24.5. The molecule has 0 aliphatic carbocycles. The van der Waals surface area contributed by atoms with Gasteiger partial charge in [-0.3, -0.25) is 9.59 Å². The second-order valence-corrected chi connectivity index (χ2v) is 7.89. The molecule has 9 heteroatoms. The number of aliphatic carboxylic acids is 1. The molecule has 0 unspecified atom stereocenters. The van der Waals surface area contributed by atoms with Gasteiger partial charge in [0, 0.05) is 11.3 Å². The predicted molar refractivity (Wildman–Crippen MR) is 117 cm³/mol. The fourth-order valence-electron chi connectivity index (χ4n) is 3.91. The third-order valence-corrected chi connectivity index (χ3v) is 5.31. The van der Waals surface area contributed by atoms with E-state index in [9.17, 15) is 22.8 Å². The number of amides is 1. The maximum Gasteiger partial charge on any atom is 0.573 e. The molecule has 4 rings (SSSR count). The van der Waals surface area contributed by atoms with Crippen molar-refractivity contribution < 1.29 is 37.3 Å². The first kappa shape index (κ1) is 23.2. The number of aryl methyl sites for hydroxylation is 1. The number of alkyl halides is 3. The van der Waals surface area contributed by atoms with E-state index in [1.165, 1.54) is 17.0 Å². The number of hydrogen-bond acceptors (Lipinski definition) is 4. The molecule has 0 aromatic heterocycles. The highest BCUT2D eigenvalue weighted by Crippen LogP contribution is 2.33. The summed E-state index contributed by atoms with van der Waals surface area (Å²) >= 11 is 0. The van der Waals surface area contributed by atoms with E-state index >= 15 is 0 Å². The molecule has 3 aromatic carbocycles. The Morgan fingerprint density at radius 1 is 1.06 bits per heavy atom. The predicted octanol–water partition coefficient (Wildman–Crippen LogP) is 5.26. The van der Waals surface area contributed by atoms with Crippen LogP contribution in [0.4, 0.5) is 18.9 Å². The lowest BCUT2D eigenvalue weighted by molar-refractivity contribution is -0.274. The lowest BCUT2D eigenvalue weighted by Crippen LogP contribution is -2.23. The minimum atomic E-state index is -4.79. The molecule has 34 heavy (non-hydrogen) atoms. The van der Waals surface area contributed by atoms with Crippen LogP contribution in [0, 0.1) is 6.92 Å². The molecule has 1 amide bonds. The van der Waals surface area contributed by atoms with Crippen LogP contribution in [0.1, 0.15) is 32.6 Å². The molecule has 0 saturated heterocycles. The molecule has 0 atom stereocenters. The number of carbonyl (C=O) groups is 2. The maximum atomic E-state index is 12.9. The normalized spacial score (nSPS) is 13.1. The Hall–Kier alpha value is -4.01. The van der Waals surface area contributed by atoms with E-state index in [1.807, 2.05) is 13.0 Å². The number of carbonyl (C=O) groups excluding carboxylic acids is 1. The summed E-state index contributed by atoms with van der Waals surface area (Å²) in [5.41, 5.74) is 3.98. The van der Waals surface area contributed by atoms with Crippen molar-refractivity contribution in [3.05, 3.63) is 88.5 Å². The lowest BCUT2D eigenvalue weighted by Gasteiger charge is -2.17. The Bertz CT molecular complexity index is 1240. The largest absolute Gasteiger partial charge is 0.573 e. The molecule has 1 aliphatic rings. The fraction of sp³-hybridized carbons (Fsp3) is 0.200. The number of carboxylic acids is 1. The minimum absolute atomic E-state index is 0.116. The quantitative estimate of drug-likeness (QED) is 0.509. The molecule has 0 spiro atoms. The molecule has 0 radical (unpaired) electrons. The molecule has 0 bridgehead atoms. The molecule has 0 fully saturated rings. The van der Waals surface area contributed by atoms with Crippen LogP contribution < -0.4 is 14.4 Å². The monoisotopic (exact) mass is 471 g/mol.